The Morgan fingerprint density at radius 3 is 2.13 bits per heavy atom. The van der Waals surface area contributed by atoms with E-state index in [2.05, 4.69) is 0 Å². The molecular weight excluding hydrogens is 208 g/mol. The summed E-state index contributed by atoms with van der Waals surface area (Å²) in [7, 11) is -3.20. The first-order valence-corrected chi connectivity index (χ1v) is 6.70. The minimum absolute atomic E-state index is 0.420. The fraction of sp³-hybridized carbons (Fsp3) is 0.500. The van der Waals surface area contributed by atoms with Crippen molar-refractivity contribution in [3.8, 4) is 0 Å². The van der Waals surface area contributed by atoms with E-state index in [9.17, 15) is 8.42 Å². The van der Waals surface area contributed by atoms with Gasteiger partial charge in [-0.15, -0.1) is 0 Å². The summed E-state index contributed by atoms with van der Waals surface area (Å²) < 4.78 is 23.8. The van der Waals surface area contributed by atoms with Gasteiger partial charge in [0.25, 0.3) is 0 Å². The highest BCUT2D eigenvalue weighted by Crippen LogP contribution is 2.28. The third-order valence-corrected chi connectivity index (χ3v) is 5.18. The zero-order valence-electron chi connectivity index (χ0n) is 9.53. The topological polar surface area (TPSA) is 34.1 Å². The molecular formula is C12H18O2S. The number of sulfone groups is 1. The Morgan fingerprint density at radius 2 is 1.67 bits per heavy atom. The van der Waals surface area contributed by atoms with Gasteiger partial charge in [-0.3, -0.25) is 0 Å². The zero-order chi connectivity index (χ0) is 11.5. The predicted octanol–water partition coefficient (Wildman–Crippen LogP) is 3.04. The van der Waals surface area contributed by atoms with Gasteiger partial charge in [-0.05, 0) is 32.4 Å². The minimum Gasteiger partial charge on any atom is -0.223 e. The maximum Gasteiger partial charge on any atom is 0.183 e. The molecule has 0 saturated carbocycles. The summed E-state index contributed by atoms with van der Waals surface area (Å²) in [5.41, 5.74) is 0. The summed E-state index contributed by atoms with van der Waals surface area (Å²) in [5.74, 6) is 0. The molecule has 1 aromatic rings. The molecule has 0 saturated heterocycles. The molecule has 0 radical (unpaired) electrons. The standard InChI is InChI=1S/C12H18O2S/c1-4-10-12(2,3)15(13,14)11-8-6-5-7-9-11/h5-9H,4,10H2,1-3H3. The lowest BCUT2D eigenvalue weighted by Gasteiger charge is -2.24. The van der Waals surface area contributed by atoms with Crippen LogP contribution in [-0.4, -0.2) is 13.2 Å². The maximum atomic E-state index is 12.2. The summed E-state index contributed by atoms with van der Waals surface area (Å²) >= 11 is 0. The zero-order valence-corrected chi connectivity index (χ0v) is 10.3. The fourth-order valence-corrected chi connectivity index (χ4v) is 3.28. The van der Waals surface area contributed by atoms with Crippen LogP contribution >= 0.6 is 0 Å². The first-order valence-electron chi connectivity index (χ1n) is 5.21. The van der Waals surface area contributed by atoms with E-state index in [1.54, 1.807) is 38.1 Å². The molecule has 0 amide bonds. The lowest BCUT2D eigenvalue weighted by atomic mass is 10.1. The van der Waals surface area contributed by atoms with E-state index in [0.29, 0.717) is 11.3 Å². The molecule has 84 valence electrons. The number of hydrogen-bond donors (Lipinski definition) is 0. The normalized spacial score (nSPS) is 12.7. The minimum atomic E-state index is -3.20. The van der Waals surface area contributed by atoms with Gasteiger partial charge in [-0.25, -0.2) is 8.42 Å². The van der Waals surface area contributed by atoms with Crippen molar-refractivity contribution in [3.05, 3.63) is 30.3 Å². The molecule has 0 fully saturated rings. The molecule has 0 aliphatic heterocycles. The summed E-state index contributed by atoms with van der Waals surface area (Å²) in [5, 5.41) is 0. The molecule has 0 spiro atoms. The summed E-state index contributed by atoms with van der Waals surface area (Å²) in [6, 6.07) is 8.66. The Morgan fingerprint density at radius 1 is 1.13 bits per heavy atom. The van der Waals surface area contributed by atoms with Crippen LogP contribution in [0.25, 0.3) is 0 Å². The molecule has 15 heavy (non-hydrogen) atoms. The van der Waals surface area contributed by atoms with Gasteiger partial charge in [0.2, 0.25) is 0 Å². The van der Waals surface area contributed by atoms with E-state index >= 15 is 0 Å². The summed E-state index contributed by atoms with van der Waals surface area (Å²) in [4.78, 5) is 0.420. The Bertz CT molecular complexity index is 405. The van der Waals surface area contributed by atoms with E-state index in [4.69, 9.17) is 0 Å². The second-order valence-corrected chi connectivity index (χ2v) is 6.91. The van der Waals surface area contributed by atoms with Crippen LogP contribution in [0.15, 0.2) is 35.2 Å². The van der Waals surface area contributed by atoms with Gasteiger partial charge in [-0.1, -0.05) is 31.5 Å². The third kappa shape index (κ3) is 2.40. The van der Waals surface area contributed by atoms with Crippen molar-refractivity contribution in [2.75, 3.05) is 0 Å². The first-order chi connectivity index (χ1) is 6.92. The van der Waals surface area contributed by atoms with Crippen molar-refractivity contribution >= 4 is 9.84 Å². The molecule has 0 unspecified atom stereocenters. The SMILES string of the molecule is CCCC(C)(C)S(=O)(=O)c1ccccc1. The highest BCUT2D eigenvalue weighted by molar-refractivity contribution is 7.92. The van der Waals surface area contributed by atoms with Gasteiger partial charge < -0.3 is 0 Å². The van der Waals surface area contributed by atoms with Crippen LogP contribution < -0.4 is 0 Å². The van der Waals surface area contributed by atoms with Crippen LogP contribution in [0.4, 0.5) is 0 Å². The van der Waals surface area contributed by atoms with Gasteiger partial charge >= 0.3 is 0 Å². The average molecular weight is 226 g/mol. The van der Waals surface area contributed by atoms with Gasteiger partial charge in [0.15, 0.2) is 9.84 Å². The Balaban J connectivity index is 3.14. The van der Waals surface area contributed by atoms with Crippen LogP contribution in [0.3, 0.4) is 0 Å². The molecule has 1 rings (SSSR count). The van der Waals surface area contributed by atoms with Gasteiger partial charge in [0.1, 0.15) is 0 Å². The summed E-state index contributed by atoms with van der Waals surface area (Å²) in [6.07, 6.45) is 1.56. The predicted molar refractivity (Wildman–Crippen MR) is 62.6 cm³/mol. The van der Waals surface area contributed by atoms with Crippen molar-refractivity contribution in [2.45, 2.75) is 43.3 Å². The van der Waals surface area contributed by atoms with Gasteiger partial charge in [0, 0.05) is 0 Å². The molecule has 0 N–H and O–H groups in total. The Hall–Kier alpha value is -0.830. The third-order valence-electron chi connectivity index (χ3n) is 2.63. The van der Waals surface area contributed by atoms with Crippen molar-refractivity contribution in [3.63, 3.8) is 0 Å². The number of rotatable bonds is 4. The van der Waals surface area contributed by atoms with E-state index < -0.39 is 14.6 Å². The molecule has 2 nitrogen and oxygen atoms in total. The molecule has 0 atom stereocenters. The molecule has 0 heterocycles. The van der Waals surface area contributed by atoms with Crippen molar-refractivity contribution < 1.29 is 8.42 Å². The van der Waals surface area contributed by atoms with E-state index in [0.717, 1.165) is 6.42 Å². The molecule has 0 aliphatic rings. The summed E-state index contributed by atoms with van der Waals surface area (Å²) in [6.45, 7) is 5.58. The van der Waals surface area contributed by atoms with Gasteiger partial charge in [-0.2, -0.15) is 0 Å². The van der Waals surface area contributed by atoms with Crippen LogP contribution in [0, 0.1) is 0 Å². The fourth-order valence-electron chi connectivity index (χ4n) is 1.66. The largest absolute Gasteiger partial charge is 0.223 e. The van der Waals surface area contributed by atoms with Crippen molar-refractivity contribution in [1.29, 1.82) is 0 Å². The van der Waals surface area contributed by atoms with E-state index in [1.807, 2.05) is 13.0 Å². The monoisotopic (exact) mass is 226 g/mol. The van der Waals surface area contributed by atoms with Crippen LogP contribution in [0.1, 0.15) is 33.6 Å². The smallest absolute Gasteiger partial charge is 0.183 e. The molecule has 3 heteroatoms. The molecule has 0 bridgehead atoms. The van der Waals surface area contributed by atoms with Crippen molar-refractivity contribution in [1.82, 2.24) is 0 Å². The highest BCUT2D eigenvalue weighted by Gasteiger charge is 2.34. The molecule has 0 aliphatic carbocycles. The lowest BCUT2D eigenvalue weighted by molar-refractivity contribution is 0.523. The number of benzene rings is 1. The second kappa shape index (κ2) is 4.35. The Labute approximate surface area is 92.2 Å². The average Bonchev–Trinajstić information content (AvgIpc) is 2.19. The van der Waals surface area contributed by atoms with Crippen LogP contribution in [0.2, 0.25) is 0 Å². The van der Waals surface area contributed by atoms with Crippen LogP contribution in [-0.2, 0) is 9.84 Å². The quantitative estimate of drug-likeness (QED) is 0.790. The molecule has 1 aromatic carbocycles. The highest BCUT2D eigenvalue weighted by atomic mass is 32.2. The lowest BCUT2D eigenvalue weighted by Crippen LogP contribution is -2.31. The Kier molecular flexibility index (Phi) is 3.55. The van der Waals surface area contributed by atoms with Crippen LogP contribution in [0.5, 0.6) is 0 Å². The van der Waals surface area contributed by atoms with E-state index in [1.165, 1.54) is 0 Å². The first kappa shape index (κ1) is 12.2. The number of hydrogen-bond acceptors (Lipinski definition) is 2. The van der Waals surface area contributed by atoms with E-state index in [-0.39, 0.29) is 0 Å². The van der Waals surface area contributed by atoms with Crippen molar-refractivity contribution in [2.24, 2.45) is 0 Å². The maximum absolute atomic E-state index is 12.2. The van der Waals surface area contributed by atoms with Gasteiger partial charge in [0.05, 0.1) is 9.64 Å². The molecule has 0 aromatic heterocycles. The second-order valence-electron chi connectivity index (χ2n) is 4.33.